The molecule has 1 aromatic heterocycles. The van der Waals surface area contributed by atoms with Gasteiger partial charge in [-0.2, -0.15) is 13.2 Å². The first kappa shape index (κ1) is 25.9. The lowest BCUT2D eigenvalue weighted by Gasteiger charge is -2.25. The van der Waals surface area contributed by atoms with Crippen LogP contribution in [-0.4, -0.2) is 59.8 Å². The lowest BCUT2D eigenvalue weighted by Crippen LogP contribution is -2.51. The number of methoxy groups -OCH3 is 1. The van der Waals surface area contributed by atoms with Gasteiger partial charge >= 0.3 is 12.3 Å². The first-order valence-corrected chi connectivity index (χ1v) is 9.26. The summed E-state index contributed by atoms with van der Waals surface area (Å²) in [4.78, 5) is 22.9. The molecule has 2 amide bonds. The fourth-order valence-corrected chi connectivity index (χ4v) is 2.49. The quantitative estimate of drug-likeness (QED) is 0.451. The number of nitrogens with zero attached hydrogens (tertiary/aromatic N) is 2. The number of anilines is 1. The Labute approximate surface area is 176 Å². The molecule has 0 radical (unpaired) electrons. The van der Waals surface area contributed by atoms with Gasteiger partial charge in [0.2, 0.25) is 5.91 Å². The lowest BCUT2D eigenvalue weighted by molar-refractivity contribution is -0.153. The first-order valence-electron chi connectivity index (χ1n) is 8.88. The van der Waals surface area contributed by atoms with Gasteiger partial charge in [0.1, 0.15) is 6.04 Å². The number of nitrogens with one attached hydrogen (secondary N) is 3. The third-order valence-electron chi connectivity index (χ3n) is 3.95. The fourth-order valence-electron chi connectivity index (χ4n) is 2.26. The Balaban J connectivity index is 3.10. The molecule has 0 aliphatic heterocycles. The van der Waals surface area contributed by atoms with Crippen LogP contribution in [0.2, 0.25) is 5.15 Å². The number of amides is 2. The molecule has 0 aliphatic rings. The zero-order chi connectivity index (χ0) is 23.1. The minimum absolute atomic E-state index is 0.0767. The van der Waals surface area contributed by atoms with Crippen LogP contribution < -0.4 is 16.0 Å². The molecule has 0 fully saturated rings. The monoisotopic (exact) mass is 455 g/mol. The molecule has 0 saturated carbocycles. The molecule has 1 aromatic rings. The van der Waals surface area contributed by atoms with Crippen molar-refractivity contribution in [2.45, 2.75) is 45.5 Å². The van der Waals surface area contributed by atoms with Crippen molar-refractivity contribution < 1.29 is 32.6 Å². The van der Waals surface area contributed by atoms with Crippen LogP contribution in [0.15, 0.2) is 6.07 Å². The van der Waals surface area contributed by atoms with E-state index in [2.05, 4.69) is 20.8 Å². The van der Waals surface area contributed by atoms with Crippen molar-refractivity contribution in [1.29, 1.82) is 0 Å². The molecule has 2 atom stereocenters. The van der Waals surface area contributed by atoms with Gasteiger partial charge < -0.3 is 25.8 Å². The van der Waals surface area contributed by atoms with Crippen LogP contribution in [-0.2, 0) is 9.53 Å². The molecular weight excluding hydrogens is 431 g/mol. The zero-order valence-electron chi connectivity index (χ0n) is 16.9. The van der Waals surface area contributed by atoms with Gasteiger partial charge in [0.15, 0.2) is 11.0 Å². The van der Waals surface area contributed by atoms with E-state index >= 15 is 0 Å². The van der Waals surface area contributed by atoms with Gasteiger partial charge in [-0.3, -0.25) is 4.79 Å². The van der Waals surface area contributed by atoms with Crippen molar-refractivity contribution in [3.05, 3.63) is 16.8 Å². The van der Waals surface area contributed by atoms with Gasteiger partial charge in [-0.1, -0.05) is 32.4 Å². The molecule has 0 bridgehead atoms. The van der Waals surface area contributed by atoms with Crippen molar-refractivity contribution in [1.82, 2.24) is 20.8 Å². The number of carboxylic acid groups (broad SMARTS) is 1. The molecule has 170 valence electrons. The van der Waals surface area contributed by atoms with Crippen molar-refractivity contribution in [3.63, 3.8) is 0 Å². The Morgan fingerprint density at radius 1 is 1.27 bits per heavy atom. The molecule has 0 saturated heterocycles. The average molecular weight is 456 g/mol. The molecule has 0 aromatic carbocycles. The summed E-state index contributed by atoms with van der Waals surface area (Å²) in [6.07, 6.45) is -6.40. The van der Waals surface area contributed by atoms with Crippen LogP contribution in [0.3, 0.4) is 0 Å². The summed E-state index contributed by atoms with van der Waals surface area (Å²) in [5.41, 5.74) is -0.429. The first-order chi connectivity index (χ1) is 13.8. The summed E-state index contributed by atoms with van der Waals surface area (Å²) in [5.74, 6) is -0.260. The van der Waals surface area contributed by atoms with Gasteiger partial charge in [-0.25, -0.2) is 4.79 Å². The van der Waals surface area contributed by atoms with E-state index < -0.39 is 36.3 Å². The predicted octanol–water partition coefficient (Wildman–Crippen LogP) is 2.98. The molecule has 0 aliphatic carbocycles. The molecule has 30 heavy (non-hydrogen) atoms. The van der Waals surface area contributed by atoms with E-state index in [1.54, 1.807) is 20.8 Å². The van der Waals surface area contributed by atoms with Gasteiger partial charge in [-0.05, 0) is 12.5 Å². The summed E-state index contributed by atoms with van der Waals surface area (Å²) in [6, 6.07) is -1.72. The summed E-state index contributed by atoms with van der Waals surface area (Å²) in [5, 5.41) is 22.8. The van der Waals surface area contributed by atoms with Crippen molar-refractivity contribution >= 4 is 29.4 Å². The van der Waals surface area contributed by atoms with Crippen molar-refractivity contribution in [2.24, 2.45) is 5.41 Å². The number of rotatable bonds is 9. The number of halogens is 4. The lowest BCUT2D eigenvalue weighted by atomic mass is 9.96. The fraction of sp³-hybridized carbons (Fsp3) is 0.647. The third kappa shape index (κ3) is 8.28. The van der Waals surface area contributed by atoms with Gasteiger partial charge in [-0.15, -0.1) is 10.2 Å². The minimum atomic E-state index is -4.80. The maximum Gasteiger partial charge on any atom is 0.409 e. The molecule has 4 N–H and O–H groups in total. The van der Waals surface area contributed by atoms with E-state index in [1.165, 1.54) is 18.5 Å². The molecule has 13 heteroatoms. The summed E-state index contributed by atoms with van der Waals surface area (Å²) < 4.78 is 44.3. The summed E-state index contributed by atoms with van der Waals surface area (Å²) in [7, 11) is 1.42. The number of aromatic nitrogens is 2. The largest absolute Gasteiger partial charge is 0.465 e. The number of alkyl halides is 3. The zero-order valence-corrected chi connectivity index (χ0v) is 17.7. The number of hydrogen-bond acceptors (Lipinski definition) is 6. The smallest absolute Gasteiger partial charge is 0.409 e. The van der Waals surface area contributed by atoms with E-state index in [1.807, 2.05) is 0 Å². The Morgan fingerprint density at radius 2 is 1.90 bits per heavy atom. The maximum absolute atomic E-state index is 13.1. The number of ether oxygens (including phenoxy) is 1. The maximum atomic E-state index is 13.1. The second-order valence-corrected chi connectivity index (χ2v) is 7.82. The Kier molecular flexibility index (Phi) is 9.25. The second-order valence-electron chi connectivity index (χ2n) is 7.47. The predicted molar refractivity (Wildman–Crippen MR) is 103 cm³/mol. The summed E-state index contributed by atoms with van der Waals surface area (Å²) >= 11 is 6.09. The molecule has 2 unspecified atom stereocenters. The van der Waals surface area contributed by atoms with Crippen LogP contribution in [0.25, 0.3) is 0 Å². The molecular formula is C17H25ClF3N5O4. The molecule has 9 nitrogen and oxygen atoms in total. The number of carbonyl (C=O) groups excluding carboxylic acids is 1. The highest BCUT2D eigenvalue weighted by molar-refractivity contribution is 6.30. The number of carbonyl (C=O) groups is 2. The van der Waals surface area contributed by atoms with Crippen LogP contribution >= 0.6 is 11.6 Å². The Hall–Kier alpha value is -2.18. The van der Waals surface area contributed by atoms with E-state index in [-0.39, 0.29) is 35.5 Å². The average Bonchev–Trinajstić information content (AvgIpc) is 2.60. The highest BCUT2D eigenvalue weighted by Crippen LogP contribution is 2.27. The van der Waals surface area contributed by atoms with Crippen molar-refractivity contribution in [2.75, 3.05) is 25.6 Å². The van der Waals surface area contributed by atoms with Crippen LogP contribution in [0.1, 0.15) is 38.8 Å². The molecule has 1 heterocycles. The highest BCUT2D eigenvalue weighted by atomic mass is 35.5. The summed E-state index contributed by atoms with van der Waals surface area (Å²) in [6.45, 7) is 4.50. The van der Waals surface area contributed by atoms with Crippen LogP contribution in [0.4, 0.5) is 23.8 Å². The van der Waals surface area contributed by atoms with Crippen LogP contribution in [0.5, 0.6) is 0 Å². The van der Waals surface area contributed by atoms with Crippen molar-refractivity contribution in [3.8, 4) is 0 Å². The Bertz CT molecular complexity index is 743. The standard InChI is InChI=1S/C17H25ClF3N5O4/c1-16(2,3)14(27)24-12-7-9(13(18)26-25-12)10(5-6-30-4)22-8-11(17(19,20)21)23-15(28)29/h7,10-11,22-23H,5-6,8H2,1-4H3,(H,28,29)(H,24,25,27). The van der Waals surface area contributed by atoms with Gasteiger partial charge in [0.05, 0.1) is 0 Å². The van der Waals surface area contributed by atoms with E-state index in [0.717, 1.165) is 0 Å². The van der Waals surface area contributed by atoms with E-state index in [0.29, 0.717) is 0 Å². The molecule has 0 spiro atoms. The van der Waals surface area contributed by atoms with E-state index in [9.17, 15) is 22.8 Å². The normalized spacial score (nSPS) is 14.1. The van der Waals surface area contributed by atoms with Crippen LogP contribution in [0, 0.1) is 5.41 Å². The second kappa shape index (κ2) is 10.7. The van der Waals surface area contributed by atoms with Gasteiger partial charge in [0.25, 0.3) is 0 Å². The topological polar surface area (TPSA) is 125 Å². The van der Waals surface area contributed by atoms with E-state index in [4.69, 9.17) is 21.4 Å². The third-order valence-corrected chi connectivity index (χ3v) is 4.24. The number of hydrogen-bond donors (Lipinski definition) is 4. The molecule has 1 rings (SSSR count). The Morgan fingerprint density at radius 3 is 2.40 bits per heavy atom. The minimum Gasteiger partial charge on any atom is -0.465 e. The SMILES string of the molecule is COCCC(NCC(NC(=O)O)C(F)(F)F)c1cc(NC(=O)C(C)(C)C)nnc1Cl. The van der Waals surface area contributed by atoms with Gasteiger partial charge in [0, 0.05) is 37.3 Å². The highest BCUT2D eigenvalue weighted by Gasteiger charge is 2.41.